The normalized spacial score (nSPS) is 15.3. The second kappa shape index (κ2) is 13.1. The molecule has 30 heavy (non-hydrogen) atoms. The van der Waals surface area contributed by atoms with E-state index in [9.17, 15) is 14.4 Å². The van der Waals surface area contributed by atoms with Crippen LogP contribution >= 0.6 is 0 Å². The zero-order valence-corrected chi connectivity index (χ0v) is 17.6. The number of hydrogen-bond donors (Lipinski definition) is 0. The van der Waals surface area contributed by atoms with Crippen molar-refractivity contribution in [3.8, 4) is 0 Å². The number of barbiturate groups is 1. The molecule has 0 unspecified atom stereocenters. The van der Waals surface area contributed by atoms with E-state index in [1.165, 1.54) is 0 Å². The van der Waals surface area contributed by atoms with Crippen LogP contribution in [0.3, 0.4) is 0 Å². The summed E-state index contributed by atoms with van der Waals surface area (Å²) >= 11 is 0. The molecule has 166 valence electrons. The summed E-state index contributed by atoms with van der Waals surface area (Å²) in [5, 5.41) is 0. The van der Waals surface area contributed by atoms with Gasteiger partial charge in [-0.1, -0.05) is 30.3 Å². The van der Waals surface area contributed by atoms with Crippen molar-refractivity contribution in [1.82, 2.24) is 9.80 Å². The van der Waals surface area contributed by atoms with Gasteiger partial charge in [-0.3, -0.25) is 19.4 Å². The Morgan fingerprint density at radius 2 is 1.23 bits per heavy atom. The molecule has 9 nitrogen and oxygen atoms in total. The second-order valence-electron chi connectivity index (χ2n) is 6.71. The minimum atomic E-state index is -0.956. The molecule has 1 aromatic carbocycles. The van der Waals surface area contributed by atoms with E-state index in [0.29, 0.717) is 26.4 Å². The Morgan fingerprint density at radius 3 is 1.70 bits per heavy atom. The van der Waals surface area contributed by atoms with E-state index in [4.69, 9.17) is 18.9 Å². The summed E-state index contributed by atoms with van der Waals surface area (Å²) in [5.74, 6) is -1.95. The average molecular weight is 422 g/mol. The molecule has 0 bridgehead atoms. The number of methoxy groups -OCH3 is 2. The Balaban J connectivity index is 2.07. The number of carbonyl (C=O) groups is 3. The van der Waals surface area contributed by atoms with E-state index >= 15 is 0 Å². The molecule has 1 aliphatic rings. The van der Waals surface area contributed by atoms with Crippen LogP contribution in [0.15, 0.2) is 30.3 Å². The van der Waals surface area contributed by atoms with Crippen LogP contribution in [0.2, 0.25) is 0 Å². The predicted octanol–water partition coefficient (Wildman–Crippen LogP) is 0.962. The van der Waals surface area contributed by atoms with Crippen molar-refractivity contribution in [1.29, 1.82) is 0 Å². The fraction of sp³-hybridized carbons (Fsp3) is 0.571. The Labute approximate surface area is 176 Å². The average Bonchev–Trinajstić information content (AvgIpc) is 2.76. The van der Waals surface area contributed by atoms with Crippen LogP contribution < -0.4 is 0 Å². The zero-order chi connectivity index (χ0) is 21.8. The Kier molecular flexibility index (Phi) is 10.4. The summed E-state index contributed by atoms with van der Waals surface area (Å²) in [5.41, 5.74) is 0.853. The SMILES string of the molecule is COCCOCCN1C(=O)C(Cc2ccccc2)C(=O)N(CCOCCOC)C1=O. The fourth-order valence-electron chi connectivity index (χ4n) is 3.05. The maximum atomic E-state index is 13.0. The van der Waals surface area contributed by atoms with Crippen LogP contribution in [0.4, 0.5) is 4.79 Å². The van der Waals surface area contributed by atoms with Crippen LogP contribution in [-0.2, 0) is 35.0 Å². The van der Waals surface area contributed by atoms with Gasteiger partial charge in [0.25, 0.3) is 0 Å². The van der Waals surface area contributed by atoms with Crippen LogP contribution in [0.5, 0.6) is 0 Å². The summed E-state index contributed by atoms with van der Waals surface area (Å²) in [4.78, 5) is 40.9. The summed E-state index contributed by atoms with van der Waals surface area (Å²) in [6.45, 7) is 2.04. The number of urea groups is 1. The van der Waals surface area contributed by atoms with Crippen molar-refractivity contribution in [2.24, 2.45) is 5.92 Å². The minimum Gasteiger partial charge on any atom is -0.382 e. The van der Waals surface area contributed by atoms with E-state index < -0.39 is 23.8 Å². The number of imide groups is 2. The van der Waals surface area contributed by atoms with Gasteiger partial charge in [0.15, 0.2) is 0 Å². The molecule has 0 radical (unpaired) electrons. The lowest BCUT2D eigenvalue weighted by Crippen LogP contribution is -2.61. The highest BCUT2D eigenvalue weighted by Gasteiger charge is 2.45. The fourth-order valence-corrected chi connectivity index (χ4v) is 3.05. The Morgan fingerprint density at radius 1 is 0.733 bits per heavy atom. The molecule has 9 heteroatoms. The molecule has 0 atom stereocenters. The van der Waals surface area contributed by atoms with E-state index in [1.54, 1.807) is 14.2 Å². The molecule has 4 amide bonds. The topological polar surface area (TPSA) is 94.6 Å². The van der Waals surface area contributed by atoms with Gasteiger partial charge in [0.2, 0.25) is 11.8 Å². The Bertz CT molecular complexity index is 647. The van der Waals surface area contributed by atoms with Gasteiger partial charge in [-0.25, -0.2) is 4.79 Å². The van der Waals surface area contributed by atoms with Crippen molar-refractivity contribution < 1.29 is 33.3 Å². The molecule has 1 aromatic rings. The van der Waals surface area contributed by atoms with Crippen molar-refractivity contribution in [3.63, 3.8) is 0 Å². The zero-order valence-electron chi connectivity index (χ0n) is 17.6. The monoisotopic (exact) mass is 422 g/mol. The highest BCUT2D eigenvalue weighted by molar-refractivity contribution is 6.16. The molecule has 1 fully saturated rings. The number of benzene rings is 1. The summed E-state index contributed by atoms with van der Waals surface area (Å²) in [7, 11) is 3.13. The molecule has 0 N–H and O–H groups in total. The van der Waals surface area contributed by atoms with Gasteiger partial charge < -0.3 is 18.9 Å². The second-order valence-corrected chi connectivity index (χ2v) is 6.71. The van der Waals surface area contributed by atoms with Gasteiger partial charge in [0.1, 0.15) is 5.92 Å². The van der Waals surface area contributed by atoms with Gasteiger partial charge in [-0.05, 0) is 12.0 Å². The Hall–Kier alpha value is -2.33. The molecule has 0 aliphatic carbocycles. The maximum absolute atomic E-state index is 13.0. The van der Waals surface area contributed by atoms with E-state index in [-0.39, 0.29) is 32.7 Å². The molecular formula is C21H30N2O7. The quantitative estimate of drug-likeness (QED) is 0.326. The highest BCUT2D eigenvalue weighted by atomic mass is 16.5. The number of carbonyl (C=O) groups excluding carboxylic acids is 3. The molecule has 2 rings (SSSR count). The number of nitrogens with zero attached hydrogens (tertiary/aromatic N) is 2. The van der Waals surface area contributed by atoms with Crippen molar-refractivity contribution in [2.45, 2.75) is 6.42 Å². The van der Waals surface area contributed by atoms with Crippen LogP contribution in [0, 0.1) is 5.92 Å². The van der Waals surface area contributed by atoms with E-state index in [2.05, 4.69) is 0 Å². The number of amides is 4. The van der Waals surface area contributed by atoms with Gasteiger partial charge in [-0.15, -0.1) is 0 Å². The van der Waals surface area contributed by atoms with Crippen LogP contribution in [0.1, 0.15) is 5.56 Å². The van der Waals surface area contributed by atoms with Gasteiger partial charge in [0.05, 0.1) is 52.7 Å². The van der Waals surface area contributed by atoms with Crippen molar-refractivity contribution in [3.05, 3.63) is 35.9 Å². The predicted molar refractivity (Wildman–Crippen MR) is 108 cm³/mol. The molecule has 1 aliphatic heterocycles. The van der Waals surface area contributed by atoms with E-state index in [0.717, 1.165) is 15.4 Å². The lowest BCUT2D eigenvalue weighted by Gasteiger charge is -2.37. The van der Waals surface area contributed by atoms with Gasteiger partial charge >= 0.3 is 6.03 Å². The first-order valence-corrected chi connectivity index (χ1v) is 9.94. The number of hydrogen-bond acceptors (Lipinski definition) is 7. The van der Waals surface area contributed by atoms with Gasteiger partial charge in [-0.2, -0.15) is 0 Å². The first-order valence-electron chi connectivity index (χ1n) is 9.94. The third-order valence-electron chi connectivity index (χ3n) is 4.65. The summed E-state index contributed by atoms with van der Waals surface area (Å²) < 4.78 is 20.6. The first-order chi connectivity index (χ1) is 14.6. The lowest BCUT2D eigenvalue weighted by molar-refractivity contribution is -0.150. The smallest absolute Gasteiger partial charge is 0.333 e. The molecule has 0 saturated carbocycles. The minimum absolute atomic E-state index is 0.0704. The van der Waals surface area contributed by atoms with Crippen LogP contribution in [-0.4, -0.2) is 94.6 Å². The number of ether oxygens (including phenoxy) is 4. The van der Waals surface area contributed by atoms with Gasteiger partial charge in [0, 0.05) is 14.2 Å². The molecule has 0 spiro atoms. The maximum Gasteiger partial charge on any atom is 0.333 e. The van der Waals surface area contributed by atoms with Crippen molar-refractivity contribution >= 4 is 17.8 Å². The standard InChI is InChI=1S/C21H30N2O7/c1-27-12-14-29-10-8-22-19(24)18(16-17-6-4-3-5-7-17)20(25)23(21(22)26)9-11-30-15-13-28-2/h3-7,18H,8-16H2,1-2H3. The van der Waals surface area contributed by atoms with Crippen molar-refractivity contribution in [2.75, 3.05) is 67.0 Å². The number of rotatable bonds is 14. The third kappa shape index (κ3) is 6.88. The highest BCUT2D eigenvalue weighted by Crippen LogP contribution is 2.22. The first kappa shape index (κ1) is 23.9. The molecule has 1 heterocycles. The molecule has 1 saturated heterocycles. The summed E-state index contributed by atoms with van der Waals surface area (Å²) in [6.07, 6.45) is 0.230. The third-order valence-corrected chi connectivity index (χ3v) is 4.65. The lowest BCUT2D eigenvalue weighted by atomic mass is 9.94. The van der Waals surface area contributed by atoms with Crippen LogP contribution in [0.25, 0.3) is 0 Å². The molecular weight excluding hydrogens is 392 g/mol. The largest absolute Gasteiger partial charge is 0.382 e. The summed E-state index contributed by atoms with van der Waals surface area (Å²) in [6, 6.07) is 8.63. The molecule has 0 aromatic heterocycles. The van der Waals surface area contributed by atoms with E-state index in [1.807, 2.05) is 30.3 Å².